The van der Waals surface area contributed by atoms with Crippen LogP contribution in [0.1, 0.15) is 18.1 Å². The maximum absolute atomic E-state index is 11.9. The smallest absolute Gasteiger partial charge is 0.259 e. The lowest BCUT2D eigenvalue weighted by Crippen LogP contribution is -2.26. The van der Waals surface area contributed by atoms with E-state index in [0.717, 1.165) is 22.6 Å². The molecule has 0 bridgehead atoms. The van der Waals surface area contributed by atoms with E-state index < -0.39 is 0 Å². The van der Waals surface area contributed by atoms with Gasteiger partial charge in [0.2, 0.25) is 0 Å². The third kappa shape index (κ3) is 6.36. The van der Waals surface area contributed by atoms with Gasteiger partial charge in [0, 0.05) is 16.3 Å². The summed E-state index contributed by atoms with van der Waals surface area (Å²) in [5, 5.41) is 7.88. The van der Waals surface area contributed by atoms with E-state index in [0.29, 0.717) is 17.3 Å². The van der Waals surface area contributed by atoms with Crippen LogP contribution in [0, 0.1) is 0 Å². The zero-order valence-electron chi connectivity index (χ0n) is 16.1. The highest BCUT2D eigenvalue weighted by molar-refractivity contribution is 6.31. The molecule has 0 saturated carbocycles. The predicted octanol–water partition coefficient (Wildman–Crippen LogP) is 4.87. The number of nitrogens with one attached hydrogen (secondary N) is 2. The number of halogens is 1. The number of para-hydroxylation sites is 1. The Morgan fingerprint density at radius 3 is 2.38 bits per heavy atom. The van der Waals surface area contributed by atoms with Crippen LogP contribution in [-0.4, -0.2) is 18.2 Å². The highest BCUT2D eigenvalue weighted by Crippen LogP contribution is 2.19. The number of amides is 1. The number of anilines is 1. The Hall–Kier alpha value is -3.31. The van der Waals surface area contributed by atoms with E-state index >= 15 is 0 Å². The first kappa shape index (κ1) is 20.4. The molecule has 0 aliphatic heterocycles. The summed E-state index contributed by atoms with van der Waals surface area (Å²) in [5.74, 6) is 0.519. The molecule has 3 aromatic rings. The summed E-state index contributed by atoms with van der Waals surface area (Å²) >= 11 is 6.14. The minimum absolute atomic E-state index is 0.148. The van der Waals surface area contributed by atoms with Gasteiger partial charge >= 0.3 is 0 Å². The molecule has 0 unspecified atom stereocenters. The Kier molecular flexibility index (Phi) is 7.25. The molecule has 0 aromatic heterocycles. The number of hydrazone groups is 1. The third-order valence-corrected chi connectivity index (χ3v) is 4.57. The van der Waals surface area contributed by atoms with Crippen molar-refractivity contribution in [2.75, 3.05) is 11.9 Å². The summed E-state index contributed by atoms with van der Waals surface area (Å²) in [7, 11) is 0. The topological polar surface area (TPSA) is 62.7 Å². The van der Waals surface area contributed by atoms with Crippen molar-refractivity contribution < 1.29 is 9.53 Å². The lowest BCUT2D eigenvalue weighted by Gasteiger charge is -2.09. The molecule has 1 amide bonds. The number of carbonyl (C=O) groups excluding carboxylic acids is 1. The molecular formula is C23H22ClN3O2. The molecule has 0 fully saturated rings. The Bertz CT molecular complexity index is 973. The second kappa shape index (κ2) is 10.3. The largest absolute Gasteiger partial charge is 0.489 e. The molecule has 6 heteroatoms. The zero-order valence-corrected chi connectivity index (χ0v) is 16.8. The summed E-state index contributed by atoms with van der Waals surface area (Å²) in [4.78, 5) is 11.9. The molecular weight excluding hydrogens is 386 g/mol. The van der Waals surface area contributed by atoms with Gasteiger partial charge < -0.3 is 10.1 Å². The third-order valence-electron chi connectivity index (χ3n) is 4.20. The van der Waals surface area contributed by atoms with Gasteiger partial charge in [0.05, 0.1) is 12.3 Å². The Balaban J connectivity index is 1.49. The van der Waals surface area contributed by atoms with Crippen LogP contribution in [0.4, 0.5) is 5.69 Å². The van der Waals surface area contributed by atoms with E-state index in [9.17, 15) is 4.79 Å². The van der Waals surface area contributed by atoms with E-state index in [4.69, 9.17) is 16.3 Å². The first-order valence-corrected chi connectivity index (χ1v) is 9.58. The summed E-state index contributed by atoms with van der Waals surface area (Å²) in [6.45, 7) is 2.39. The van der Waals surface area contributed by atoms with E-state index in [1.54, 1.807) is 0 Å². The van der Waals surface area contributed by atoms with Crippen molar-refractivity contribution in [2.45, 2.75) is 13.5 Å². The van der Waals surface area contributed by atoms with Crippen LogP contribution in [-0.2, 0) is 11.4 Å². The fourth-order valence-electron chi connectivity index (χ4n) is 2.56. The Labute approximate surface area is 175 Å². The van der Waals surface area contributed by atoms with Gasteiger partial charge in [-0.05, 0) is 55.0 Å². The van der Waals surface area contributed by atoms with Gasteiger partial charge in [-0.1, -0.05) is 48.0 Å². The second-order valence-corrected chi connectivity index (χ2v) is 6.76. The van der Waals surface area contributed by atoms with Crippen LogP contribution in [0.3, 0.4) is 0 Å². The van der Waals surface area contributed by atoms with Crippen molar-refractivity contribution >= 4 is 28.9 Å². The van der Waals surface area contributed by atoms with Gasteiger partial charge in [-0.25, -0.2) is 5.43 Å². The number of carbonyl (C=O) groups is 1. The van der Waals surface area contributed by atoms with Crippen molar-refractivity contribution in [3.05, 3.63) is 95.0 Å². The fraction of sp³-hybridized carbons (Fsp3) is 0.130. The molecule has 3 rings (SSSR count). The number of benzene rings is 3. The predicted molar refractivity (Wildman–Crippen MR) is 118 cm³/mol. The number of ether oxygens (including phenoxy) is 1. The molecule has 2 N–H and O–H groups in total. The van der Waals surface area contributed by atoms with Crippen molar-refractivity contribution in [2.24, 2.45) is 5.10 Å². The van der Waals surface area contributed by atoms with Gasteiger partial charge in [-0.2, -0.15) is 5.10 Å². The fourth-order valence-corrected chi connectivity index (χ4v) is 2.75. The maximum atomic E-state index is 11.9. The van der Waals surface area contributed by atoms with Crippen LogP contribution in [0.15, 0.2) is 84.0 Å². The first-order chi connectivity index (χ1) is 14.1. The molecule has 3 aromatic carbocycles. The number of rotatable bonds is 8. The quantitative estimate of drug-likeness (QED) is 0.413. The SMILES string of the molecule is CC(=NNC(=O)CNc1ccccc1)c1ccc(OCc2ccccc2Cl)cc1. The van der Waals surface area contributed by atoms with Gasteiger partial charge in [0.1, 0.15) is 12.4 Å². The average Bonchev–Trinajstić information content (AvgIpc) is 2.76. The van der Waals surface area contributed by atoms with Gasteiger partial charge in [0.25, 0.3) is 5.91 Å². The van der Waals surface area contributed by atoms with Crippen molar-refractivity contribution in [3.8, 4) is 5.75 Å². The molecule has 0 spiro atoms. The lowest BCUT2D eigenvalue weighted by molar-refractivity contribution is -0.119. The van der Waals surface area contributed by atoms with Crippen molar-refractivity contribution in [1.82, 2.24) is 5.43 Å². The summed E-state index contributed by atoms with van der Waals surface area (Å²) in [6.07, 6.45) is 0. The number of hydrogen-bond acceptors (Lipinski definition) is 4. The van der Waals surface area contributed by atoms with E-state index in [1.807, 2.05) is 85.8 Å². The molecule has 29 heavy (non-hydrogen) atoms. The van der Waals surface area contributed by atoms with E-state index in [1.165, 1.54) is 0 Å². The molecule has 0 aliphatic carbocycles. The van der Waals surface area contributed by atoms with Crippen LogP contribution in [0.2, 0.25) is 5.02 Å². The van der Waals surface area contributed by atoms with Crippen molar-refractivity contribution in [1.29, 1.82) is 0 Å². The minimum Gasteiger partial charge on any atom is -0.489 e. The number of hydrogen-bond donors (Lipinski definition) is 2. The standard InChI is InChI=1S/C23H22ClN3O2/c1-17(26-27-23(28)15-25-20-8-3-2-4-9-20)18-11-13-21(14-12-18)29-16-19-7-5-6-10-22(19)24/h2-14,25H,15-16H2,1H3,(H,27,28). The van der Waals surface area contributed by atoms with Crippen LogP contribution in [0.5, 0.6) is 5.75 Å². The molecule has 0 aliphatic rings. The summed E-state index contributed by atoms with van der Waals surface area (Å²) < 4.78 is 5.78. The van der Waals surface area contributed by atoms with Crippen LogP contribution >= 0.6 is 11.6 Å². The second-order valence-electron chi connectivity index (χ2n) is 6.36. The highest BCUT2D eigenvalue weighted by atomic mass is 35.5. The van der Waals surface area contributed by atoms with Crippen LogP contribution < -0.4 is 15.5 Å². The Morgan fingerprint density at radius 1 is 0.966 bits per heavy atom. The lowest BCUT2D eigenvalue weighted by atomic mass is 10.1. The van der Waals surface area contributed by atoms with E-state index in [2.05, 4.69) is 15.8 Å². The minimum atomic E-state index is -0.215. The number of nitrogens with zero attached hydrogens (tertiary/aromatic N) is 1. The molecule has 0 radical (unpaired) electrons. The van der Waals surface area contributed by atoms with Gasteiger partial charge in [0.15, 0.2) is 0 Å². The molecule has 0 saturated heterocycles. The molecule has 0 heterocycles. The van der Waals surface area contributed by atoms with Crippen molar-refractivity contribution in [3.63, 3.8) is 0 Å². The van der Waals surface area contributed by atoms with Crippen LogP contribution in [0.25, 0.3) is 0 Å². The van der Waals surface area contributed by atoms with Gasteiger partial charge in [-0.15, -0.1) is 0 Å². The Morgan fingerprint density at radius 2 is 1.66 bits per heavy atom. The molecule has 0 atom stereocenters. The monoisotopic (exact) mass is 407 g/mol. The first-order valence-electron chi connectivity index (χ1n) is 9.20. The summed E-state index contributed by atoms with van der Waals surface area (Å²) in [6, 6.07) is 24.7. The maximum Gasteiger partial charge on any atom is 0.259 e. The zero-order chi connectivity index (χ0) is 20.5. The highest BCUT2D eigenvalue weighted by Gasteiger charge is 2.04. The molecule has 5 nitrogen and oxygen atoms in total. The van der Waals surface area contributed by atoms with E-state index in [-0.39, 0.29) is 12.5 Å². The van der Waals surface area contributed by atoms with Gasteiger partial charge in [-0.3, -0.25) is 4.79 Å². The summed E-state index contributed by atoms with van der Waals surface area (Å²) in [5.41, 5.74) is 5.98. The molecule has 148 valence electrons. The normalized spacial score (nSPS) is 11.0. The average molecular weight is 408 g/mol.